The molecule has 0 radical (unpaired) electrons. The highest BCUT2D eigenvalue weighted by atomic mass is 16.1. The summed E-state index contributed by atoms with van der Waals surface area (Å²) in [6.07, 6.45) is 6.85. The molecule has 2 aliphatic rings. The summed E-state index contributed by atoms with van der Waals surface area (Å²) in [5.41, 5.74) is 11.3. The van der Waals surface area contributed by atoms with E-state index in [9.17, 15) is 4.79 Å². The predicted molar refractivity (Wildman–Crippen MR) is 118 cm³/mol. The van der Waals surface area contributed by atoms with E-state index in [2.05, 4.69) is 56.3 Å². The normalized spacial score (nSPS) is 16.5. The Morgan fingerprint density at radius 1 is 0.821 bits per heavy atom. The number of rotatable bonds is 1. The van der Waals surface area contributed by atoms with E-state index in [1.807, 2.05) is 18.2 Å². The largest absolute Gasteiger partial charge is 0.298 e. The van der Waals surface area contributed by atoms with Crippen molar-refractivity contribution in [3.8, 4) is 11.1 Å². The molecular weight excluding hydrogens is 340 g/mol. The van der Waals surface area contributed by atoms with Crippen LogP contribution < -0.4 is 0 Å². The lowest BCUT2D eigenvalue weighted by Crippen LogP contribution is -2.13. The summed E-state index contributed by atoms with van der Waals surface area (Å²) in [6.45, 7) is 4.61. The molecule has 2 aliphatic carbocycles. The second-order valence-electron chi connectivity index (χ2n) is 7.84. The first-order valence-electron chi connectivity index (χ1n) is 10.1. The Bertz CT molecular complexity index is 1030. The van der Waals surface area contributed by atoms with E-state index in [4.69, 9.17) is 0 Å². The number of allylic oxidation sites excluding steroid dienone is 2. The molecule has 0 spiro atoms. The minimum Gasteiger partial charge on any atom is -0.298 e. The Hall–Kier alpha value is -2.93. The molecule has 1 unspecified atom stereocenters. The SMILES string of the molecule is CC1=CC(C)Cc2ccc3c(c21)CCc1ccccc1-3.O=Cc1ccccc1. The molecule has 1 atom stereocenters. The van der Waals surface area contributed by atoms with Crippen LogP contribution in [0.4, 0.5) is 0 Å². The third-order valence-corrected chi connectivity index (χ3v) is 5.76. The Balaban J connectivity index is 0.000000203. The lowest BCUT2D eigenvalue weighted by molar-refractivity contribution is 0.112. The van der Waals surface area contributed by atoms with Crippen LogP contribution in [0.5, 0.6) is 0 Å². The first-order valence-corrected chi connectivity index (χ1v) is 10.1. The van der Waals surface area contributed by atoms with Crippen molar-refractivity contribution >= 4 is 11.9 Å². The van der Waals surface area contributed by atoms with Crippen LogP contribution >= 0.6 is 0 Å². The van der Waals surface area contributed by atoms with Crippen LogP contribution in [0.15, 0.2) is 72.8 Å². The molecule has 0 saturated heterocycles. The van der Waals surface area contributed by atoms with Crippen molar-refractivity contribution in [3.05, 3.63) is 101 Å². The van der Waals surface area contributed by atoms with Gasteiger partial charge in [0.2, 0.25) is 0 Å². The number of aryl methyl sites for hydroxylation is 1. The summed E-state index contributed by atoms with van der Waals surface area (Å²) >= 11 is 0. The van der Waals surface area contributed by atoms with Crippen molar-refractivity contribution in [3.63, 3.8) is 0 Å². The smallest absolute Gasteiger partial charge is 0.150 e. The van der Waals surface area contributed by atoms with Crippen molar-refractivity contribution < 1.29 is 4.79 Å². The first kappa shape index (κ1) is 18.4. The summed E-state index contributed by atoms with van der Waals surface area (Å²) in [7, 11) is 0. The second kappa shape index (κ2) is 7.98. The Morgan fingerprint density at radius 2 is 1.57 bits per heavy atom. The van der Waals surface area contributed by atoms with Gasteiger partial charge < -0.3 is 0 Å². The van der Waals surface area contributed by atoms with Gasteiger partial charge in [-0.05, 0) is 71.1 Å². The molecule has 0 fully saturated rings. The third-order valence-electron chi connectivity index (χ3n) is 5.76. The highest BCUT2D eigenvalue weighted by Gasteiger charge is 2.23. The van der Waals surface area contributed by atoms with Gasteiger partial charge in [-0.25, -0.2) is 0 Å². The van der Waals surface area contributed by atoms with E-state index >= 15 is 0 Å². The summed E-state index contributed by atoms with van der Waals surface area (Å²) in [6, 6.07) is 22.7. The van der Waals surface area contributed by atoms with Crippen LogP contribution in [0.1, 0.15) is 46.5 Å². The molecular formula is C27H26O. The van der Waals surface area contributed by atoms with Gasteiger partial charge in [0.15, 0.2) is 0 Å². The van der Waals surface area contributed by atoms with Gasteiger partial charge in [0, 0.05) is 5.56 Å². The van der Waals surface area contributed by atoms with Gasteiger partial charge in [0.05, 0.1) is 0 Å². The molecule has 3 aromatic carbocycles. The highest BCUT2D eigenvalue weighted by molar-refractivity contribution is 5.82. The van der Waals surface area contributed by atoms with Crippen molar-refractivity contribution in [2.75, 3.05) is 0 Å². The molecule has 0 bridgehead atoms. The topological polar surface area (TPSA) is 17.1 Å². The fourth-order valence-corrected chi connectivity index (χ4v) is 4.58. The van der Waals surface area contributed by atoms with Gasteiger partial charge in [0.25, 0.3) is 0 Å². The maximum atomic E-state index is 10.0. The van der Waals surface area contributed by atoms with Crippen molar-refractivity contribution in [1.82, 2.24) is 0 Å². The second-order valence-corrected chi connectivity index (χ2v) is 7.84. The van der Waals surface area contributed by atoms with Crippen LogP contribution in [0.2, 0.25) is 0 Å². The number of carbonyl (C=O) groups excluding carboxylic acids is 1. The van der Waals surface area contributed by atoms with Crippen LogP contribution in [-0.4, -0.2) is 6.29 Å². The molecule has 1 nitrogen and oxygen atoms in total. The van der Waals surface area contributed by atoms with Gasteiger partial charge in [-0.2, -0.15) is 0 Å². The van der Waals surface area contributed by atoms with Gasteiger partial charge in [-0.1, -0.05) is 79.7 Å². The van der Waals surface area contributed by atoms with E-state index in [0.29, 0.717) is 5.92 Å². The van der Waals surface area contributed by atoms with Crippen LogP contribution in [0.25, 0.3) is 16.7 Å². The van der Waals surface area contributed by atoms with Crippen molar-refractivity contribution in [2.24, 2.45) is 5.92 Å². The highest BCUT2D eigenvalue weighted by Crippen LogP contribution is 2.41. The average molecular weight is 367 g/mol. The molecule has 0 N–H and O–H groups in total. The maximum absolute atomic E-state index is 10.0. The number of hydrogen-bond donors (Lipinski definition) is 0. The zero-order chi connectivity index (χ0) is 19.5. The number of fused-ring (bicyclic) bond motifs is 5. The van der Waals surface area contributed by atoms with Crippen molar-refractivity contribution in [2.45, 2.75) is 33.1 Å². The standard InChI is InChI=1S/C20H20.C7H6O/c1-13-11-14(2)20-16(12-13)8-9-18-17-6-4-3-5-15(17)7-10-19(18)20;8-6-7-4-2-1-3-5-7/h3-6,8-9,11,13H,7,10,12H2,1-2H3;1-6H. The zero-order valence-corrected chi connectivity index (χ0v) is 16.6. The van der Waals surface area contributed by atoms with Gasteiger partial charge in [-0.15, -0.1) is 0 Å². The monoisotopic (exact) mass is 366 g/mol. The lowest BCUT2D eigenvalue weighted by atomic mass is 9.76. The quantitative estimate of drug-likeness (QED) is 0.446. The number of carbonyl (C=O) groups is 1. The van der Waals surface area contributed by atoms with Gasteiger partial charge in [0.1, 0.15) is 6.29 Å². The van der Waals surface area contributed by atoms with E-state index in [1.165, 1.54) is 41.5 Å². The molecule has 1 heteroatoms. The molecule has 0 aliphatic heterocycles. The van der Waals surface area contributed by atoms with Crippen LogP contribution in [0.3, 0.4) is 0 Å². The Kier molecular flexibility index (Phi) is 5.25. The summed E-state index contributed by atoms with van der Waals surface area (Å²) in [5, 5.41) is 0. The molecule has 3 aromatic rings. The van der Waals surface area contributed by atoms with Gasteiger partial charge in [-0.3, -0.25) is 4.79 Å². The van der Waals surface area contributed by atoms with E-state index in [-0.39, 0.29) is 0 Å². The van der Waals surface area contributed by atoms with E-state index < -0.39 is 0 Å². The summed E-state index contributed by atoms with van der Waals surface area (Å²) in [5.74, 6) is 0.677. The molecule has 0 amide bonds. The molecule has 140 valence electrons. The van der Waals surface area contributed by atoms with Gasteiger partial charge >= 0.3 is 0 Å². The molecule has 28 heavy (non-hydrogen) atoms. The Morgan fingerprint density at radius 3 is 2.32 bits per heavy atom. The molecule has 0 aromatic heterocycles. The first-order chi connectivity index (χ1) is 13.7. The van der Waals surface area contributed by atoms with Crippen LogP contribution in [-0.2, 0) is 19.3 Å². The fraction of sp³-hybridized carbons (Fsp3) is 0.222. The zero-order valence-electron chi connectivity index (χ0n) is 16.6. The molecule has 0 saturated carbocycles. The van der Waals surface area contributed by atoms with Crippen LogP contribution in [0, 0.1) is 5.92 Å². The minimum absolute atomic E-state index is 0.677. The van der Waals surface area contributed by atoms with Crippen molar-refractivity contribution in [1.29, 1.82) is 0 Å². The third kappa shape index (κ3) is 3.57. The lowest BCUT2D eigenvalue weighted by Gasteiger charge is -2.28. The summed E-state index contributed by atoms with van der Waals surface area (Å²) < 4.78 is 0. The fourth-order valence-electron chi connectivity index (χ4n) is 4.58. The Labute approximate surface area is 167 Å². The van der Waals surface area contributed by atoms with E-state index in [1.54, 1.807) is 28.8 Å². The predicted octanol–water partition coefficient (Wildman–Crippen LogP) is 6.55. The minimum atomic E-state index is 0.677. The number of aldehydes is 1. The van der Waals surface area contributed by atoms with E-state index in [0.717, 1.165) is 11.8 Å². The number of hydrogen-bond acceptors (Lipinski definition) is 1. The number of benzene rings is 3. The summed E-state index contributed by atoms with van der Waals surface area (Å²) in [4.78, 5) is 10.0. The molecule has 0 heterocycles. The maximum Gasteiger partial charge on any atom is 0.150 e. The average Bonchev–Trinajstić information content (AvgIpc) is 2.74. The molecule has 5 rings (SSSR count).